The van der Waals surface area contributed by atoms with Gasteiger partial charge in [-0.15, -0.1) is 11.3 Å². The first-order chi connectivity index (χ1) is 16.0. The van der Waals surface area contributed by atoms with Crippen molar-refractivity contribution >= 4 is 51.5 Å². The van der Waals surface area contributed by atoms with Crippen LogP contribution in [0.4, 0.5) is 15.8 Å². The number of thiophene rings is 1. The van der Waals surface area contributed by atoms with Crippen LogP contribution in [0.5, 0.6) is 5.75 Å². The molecule has 1 saturated heterocycles. The highest BCUT2D eigenvalue weighted by Gasteiger charge is 2.36. The minimum atomic E-state index is -0.646. The molecule has 0 aliphatic carbocycles. The summed E-state index contributed by atoms with van der Waals surface area (Å²) in [7, 11) is 0. The number of halogens is 1. The van der Waals surface area contributed by atoms with Crippen molar-refractivity contribution in [1.29, 1.82) is 0 Å². The Hall–Kier alpha value is -3.17. The molecule has 0 bridgehead atoms. The van der Waals surface area contributed by atoms with Gasteiger partial charge >= 0.3 is 0 Å². The Balaban J connectivity index is 1.56. The molecule has 2 amide bonds. The standard InChI is InChI=1S/C24H22FN3O3S2/c1-2-31-19-6-3-5-18(13-19)26-23(30)21-14-22(29)28(15-20-7-4-12-32-20)24(33-21)27-17-10-8-16(25)9-11-17/h3-13,21H,2,14-15H2,1H3,(H,26,30)/t21-/m1/s1. The Bertz CT molecular complexity index is 1150. The van der Waals surface area contributed by atoms with Gasteiger partial charge in [-0.3, -0.25) is 14.5 Å². The van der Waals surface area contributed by atoms with Crippen molar-refractivity contribution in [2.24, 2.45) is 4.99 Å². The average molecular weight is 484 g/mol. The number of hydrogen-bond donors (Lipinski definition) is 1. The molecule has 1 aliphatic heterocycles. The minimum absolute atomic E-state index is 0.0511. The molecule has 4 rings (SSSR count). The van der Waals surface area contributed by atoms with Crippen LogP contribution < -0.4 is 10.1 Å². The zero-order valence-electron chi connectivity index (χ0n) is 17.9. The fourth-order valence-corrected chi connectivity index (χ4v) is 5.03. The SMILES string of the molecule is CCOc1cccc(NC(=O)[C@H]2CC(=O)N(Cc3cccs3)C(=Nc3ccc(F)cc3)S2)c1. The van der Waals surface area contributed by atoms with E-state index in [-0.39, 0.29) is 24.1 Å². The predicted molar refractivity (Wildman–Crippen MR) is 131 cm³/mol. The molecule has 0 radical (unpaired) electrons. The van der Waals surface area contributed by atoms with Crippen LogP contribution in [0.2, 0.25) is 0 Å². The van der Waals surface area contributed by atoms with Gasteiger partial charge in [0.2, 0.25) is 11.8 Å². The molecule has 9 heteroatoms. The first kappa shape index (κ1) is 23.0. The van der Waals surface area contributed by atoms with Gasteiger partial charge in [-0.2, -0.15) is 0 Å². The van der Waals surface area contributed by atoms with E-state index < -0.39 is 5.25 Å². The lowest BCUT2D eigenvalue weighted by Crippen LogP contribution is -2.44. The van der Waals surface area contributed by atoms with Crippen molar-refractivity contribution in [3.8, 4) is 5.75 Å². The molecule has 0 saturated carbocycles. The van der Waals surface area contributed by atoms with E-state index in [4.69, 9.17) is 4.74 Å². The number of benzene rings is 2. The quantitative estimate of drug-likeness (QED) is 0.485. The number of nitrogens with one attached hydrogen (secondary N) is 1. The van der Waals surface area contributed by atoms with Crippen molar-refractivity contribution in [2.45, 2.75) is 25.1 Å². The van der Waals surface area contributed by atoms with Crippen LogP contribution in [0, 0.1) is 5.82 Å². The van der Waals surface area contributed by atoms with Crippen LogP contribution in [-0.4, -0.2) is 33.7 Å². The van der Waals surface area contributed by atoms with Gasteiger partial charge in [-0.1, -0.05) is 23.9 Å². The van der Waals surface area contributed by atoms with E-state index >= 15 is 0 Å². The smallest absolute Gasteiger partial charge is 0.238 e. The van der Waals surface area contributed by atoms with Crippen LogP contribution in [0.1, 0.15) is 18.2 Å². The second-order valence-electron chi connectivity index (χ2n) is 7.19. The van der Waals surface area contributed by atoms with Crippen LogP contribution in [0.25, 0.3) is 0 Å². The number of nitrogens with zero attached hydrogens (tertiary/aromatic N) is 2. The molecule has 1 atom stereocenters. The van der Waals surface area contributed by atoms with Gasteiger partial charge in [-0.25, -0.2) is 9.38 Å². The molecule has 33 heavy (non-hydrogen) atoms. The van der Waals surface area contributed by atoms with Gasteiger partial charge in [0.25, 0.3) is 0 Å². The zero-order valence-corrected chi connectivity index (χ0v) is 19.5. The van der Waals surface area contributed by atoms with E-state index in [1.54, 1.807) is 46.6 Å². The van der Waals surface area contributed by atoms with Crippen molar-refractivity contribution in [1.82, 2.24) is 4.90 Å². The van der Waals surface area contributed by atoms with Crippen LogP contribution in [-0.2, 0) is 16.1 Å². The monoisotopic (exact) mass is 483 g/mol. The first-order valence-corrected chi connectivity index (χ1v) is 12.1. The van der Waals surface area contributed by atoms with Crippen molar-refractivity contribution in [3.05, 3.63) is 76.7 Å². The molecular formula is C24H22FN3O3S2. The topological polar surface area (TPSA) is 71.0 Å². The second kappa shape index (κ2) is 10.6. The number of amides is 2. The Morgan fingerprint density at radius 2 is 2.03 bits per heavy atom. The number of amidine groups is 1. The van der Waals surface area contributed by atoms with Gasteiger partial charge in [0.1, 0.15) is 16.8 Å². The third kappa shape index (κ3) is 6.00. The third-order valence-corrected chi connectivity index (χ3v) is 6.84. The summed E-state index contributed by atoms with van der Waals surface area (Å²) in [6.45, 7) is 2.78. The van der Waals surface area contributed by atoms with Crippen LogP contribution in [0.15, 0.2) is 71.0 Å². The van der Waals surface area contributed by atoms with Crippen molar-refractivity contribution in [3.63, 3.8) is 0 Å². The Morgan fingerprint density at radius 3 is 2.76 bits per heavy atom. The fraction of sp³-hybridized carbons (Fsp3) is 0.208. The normalized spacial score (nSPS) is 17.3. The van der Waals surface area contributed by atoms with E-state index in [1.165, 1.54) is 23.9 Å². The lowest BCUT2D eigenvalue weighted by molar-refractivity contribution is -0.129. The number of ether oxygens (including phenoxy) is 1. The summed E-state index contributed by atoms with van der Waals surface area (Å²) in [5.41, 5.74) is 1.10. The van der Waals surface area contributed by atoms with E-state index in [0.717, 1.165) is 4.88 Å². The largest absolute Gasteiger partial charge is 0.494 e. The molecule has 170 valence electrons. The molecule has 0 unspecified atom stereocenters. The molecule has 2 heterocycles. The van der Waals surface area contributed by atoms with E-state index in [0.29, 0.717) is 35.4 Å². The summed E-state index contributed by atoms with van der Waals surface area (Å²) in [4.78, 5) is 33.2. The zero-order chi connectivity index (χ0) is 23.2. The van der Waals surface area contributed by atoms with E-state index in [9.17, 15) is 14.0 Å². The molecule has 6 nitrogen and oxygen atoms in total. The lowest BCUT2D eigenvalue weighted by Gasteiger charge is -2.31. The van der Waals surface area contributed by atoms with Gasteiger partial charge in [-0.05, 0) is 54.8 Å². The number of hydrogen-bond acceptors (Lipinski definition) is 6. The second-order valence-corrected chi connectivity index (χ2v) is 9.39. The van der Waals surface area contributed by atoms with Gasteiger partial charge in [0, 0.05) is 23.1 Å². The Morgan fingerprint density at radius 1 is 1.21 bits per heavy atom. The fourth-order valence-electron chi connectivity index (χ4n) is 3.23. The number of thioether (sulfide) groups is 1. The Labute approximate surface area is 199 Å². The molecule has 1 aromatic heterocycles. The highest BCUT2D eigenvalue weighted by Crippen LogP contribution is 2.32. The van der Waals surface area contributed by atoms with Gasteiger partial charge in [0.05, 0.1) is 18.8 Å². The van der Waals surface area contributed by atoms with Crippen molar-refractivity contribution in [2.75, 3.05) is 11.9 Å². The lowest BCUT2D eigenvalue weighted by atomic mass is 10.2. The number of anilines is 1. The molecule has 3 aromatic rings. The highest BCUT2D eigenvalue weighted by atomic mass is 32.2. The van der Waals surface area contributed by atoms with Crippen LogP contribution in [0.3, 0.4) is 0 Å². The average Bonchev–Trinajstić information content (AvgIpc) is 3.31. The summed E-state index contributed by atoms with van der Waals surface area (Å²) in [5.74, 6) is -0.188. The maximum Gasteiger partial charge on any atom is 0.238 e. The third-order valence-electron chi connectivity index (χ3n) is 4.79. The summed E-state index contributed by atoms with van der Waals surface area (Å²) in [6, 6.07) is 16.7. The number of rotatable bonds is 7. The first-order valence-electron chi connectivity index (χ1n) is 10.4. The van der Waals surface area contributed by atoms with Gasteiger partial charge in [0.15, 0.2) is 5.17 Å². The van der Waals surface area contributed by atoms with E-state index in [1.807, 2.05) is 30.5 Å². The maximum atomic E-state index is 13.3. The number of aliphatic imine (C=N–C) groups is 1. The molecule has 1 fully saturated rings. The molecule has 2 aromatic carbocycles. The predicted octanol–water partition coefficient (Wildman–Crippen LogP) is 5.45. The molecule has 0 spiro atoms. The molecule has 1 N–H and O–H groups in total. The number of carbonyl (C=O) groups excluding carboxylic acids is 2. The summed E-state index contributed by atoms with van der Waals surface area (Å²) < 4.78 is 18.8. The van der Waals surface area contributed by atoms with E-state index in [2.05, 4.69) is 10.3 Å². The maximum absolute atomic E-state index is 13.3. The minimum Gasteiger partial charge on any atom is -0.494 e. The van der Waals surface area contributed by atoms with Crippen LogP contribution >= 0.6 is 23.1 Å². The van der Waals surface area contributed by atoms with Crippen molar-refractivity contribution < 1.29 is 18.7 Å². The summed E-state index contributed by atoms with van der Waals surface area (Å²) >= 11 is 2.77. The summed E-state index contributed by atoms with van der Waals surface area (Å²) in [6.07, 6.45) is 0.0511. The number of carbonyl (C=O) groups is 2. The highest BCUT2D eigenvalue weighted by molar-refractivity contribution is 8.15. The molecular weight excluding hydrogens is 461 g/mol. The Kier molecular flexibility index (Phi) is 7.41. The van der Waals surface area contributed by atoms with Gasteiger partial charge < -0.3 is 10.1 Å². The molecule has 1 aliphatic rings. The summed E-state index contributed by atoms with van der Waals surface area (Å²) in [5, 5.41) is 4.58.